The van der Waals surface area contributed by atoms with Crippen molar-refractivity contribution in [3.8, 4) is 0 Å². The Morgan fingerprint density at radius 2 is 2.21 bits per heavy atom. The van der Waals surface area contributed by atoms with E-state index < -0.39 is 6.10 Å². The molecule has 0 bridgehead atoms. The number of guanidine groups is 1. The fourth-order valence-electron chi connectivity index (χ4n) is 3.33. The zero-order valence-electron chi connectivity index (χ0n) is 16.6. The van der Waals surface area contributed by atoms with Crippen molar-refractivity contribution in [2.75, 3.05) is 20.2 Å². The number of aryl methyl sites for hydroxylation is 1. The number of hydrogen-bond donors (Lipinski definition) is 3. The van der Waals surface area contributed by atoms with Crippen LogP contribution in [-0.2, 0) is 30.7 Å². The SMILES string of the molecule is CCNC(=NCC(O)Cc1ccccc1)NC1CCc2nc(COC)nn2C1. The lowest BCUT2D eigenvalue weighted by atomic mass is 10.1. The fraction of sp³-hybridized carbons (Fsp3) is 0.550. The van der Waals surface area contributed by atoms with Crippen LogP contribution in [0.4, 0.5) is 0 Å². The van der Waals surface area contributed by atoms with Crippen molar-refractivity contribution in [2.24, 2.45) is 4.99 Å². The number of methoxy groups -OCH3 is 1. The number of nitrogens with zero attached hydrogens (tertiary/aromatic N) is 4. The predicted octanol–water partition coefficient (Wildman–Crippen LogP) is 0.898. The van der Waals surface area contributed by atoms with Crippen molar-refractivity contribution < 1.29 is 9.84 Å². The van der Waals surface area contributed by atoms with Crippen molar-refractivity contribution in [1.82, 2.24) is 25.4 Å². The second-order valence-corrected chi connectivity index (χ2v) is 7.00. The van der Waals surface area contributed by atoms with E-state index in [2.05, 4.69) is 25.7 Å². The van der Waals surface area contributed by atoms with E-state index in [4.69, 9.17) is 4.74 Å². The van der Waals surface area contributed by atoms with E-state index in [0.717, 1.165) is 49.1 Å². The highest BCUT2D eigenvalue weighted by Crippen LogP contribution is 2.13. The molecule has 0 fully saturated rings. The monoisotopic (exact) mass is 386 g/mol. The van der Waals surface area contributed by atoms with Crippen LogP contribution in [0.1, 0.15) is 30.6 Å². The van der Waals surface area contributed by atoms with Crippen LogP contribution < -0.4 is 10.6 Å². The molecule has 1 aromatic carbocycles. The Balaban J connectivity index is 1.55. The summed E-state index contributed by atoms with van der Waals surface area (Å²) in [6.45, 7) is 4.32. The zero-order valence-corrected chi connectivity index (χ0v) is 16.6. The Kier molecular flexibility index (Phi) is 7.39. The molecule has 2 unspecified atom stereocenters. The summed E-state index contributed by atoms with van der Waals surface area (Å²) in [5.74, 6) is 2.45. The van der Waals surface area contributed by atoms with E-state index in [1.165, 1.54) is 0 Å². The molecule has 0 aliphatic carbocycles. The molecule has 1 aliphatic rings. The maximum Gasteiger partial charge on any atom is 0.191 e. The van der Waals surface area contributed by atoms with Gasteiger partial charge in [0.25, 0.3) is 0 Å². The lowest BCUT2D eigenvalue weighted by molar-refractivity contribution is 0.177. The summed E-state index contributed by atoms with van der Waals surface area (Å²) >= 11 is 0. The van der Waals surface area contributed by atoms with Crippen molar-refractivity contribution in [2.45, 2.75) is 51.5 Å². The van der Waals surface area contributed by atoms with Crippen LogP contribution >= 0.6 is 0 Å². The first-order valence-corrected chi connectivity index (χ1v) is 9.86. The van der Waals surface area contributed by atoms with Gasteiger partial charge < -0.3 is 20.5 Å². The first-order valence-electron chi connectivity index (χ1n) is 9.86. The fourth-order valence-corrected chi connectivity index (χ4v) is 3.33. The van der Waals surface area contributed by atoms with Crippen LogP contribution in [0, 0.1) is 0 Å². The van der Waals surface area contributed by atoms with Gasteiger partial charge in [0.15, 0.2) is 11.8 Å². The molecule has 8 heteroatoms. The molecule has 2 aromatic rings. The van der Waals surface area contributed by atoms with Crippen LogP contribution in [0.15, 0.2) is 35.3 Å². The standard InChI is InChI=1S/C20H30N6O2/c1-3-21-20(22-12-17(27)11-15-7-5-4-6-8-15)23-16-9-10-19-24-18(14-28-2)25-26(19)13-16/h4-8,16-17,27H,3,9-14H2,1-2H3,(H2,21,22,23). The Labute approximate surface area is 166 Å². The molecule has 152 valence electrons. The van der Waals surface area contributed by atoms with Gasteiger partial charge in [0, 0.05) is 32.5 Å². The van der Waals surface area contributed by atoms with Gasteiger partial charge in [-0.2, -0.15) is 5.10 Å². The molecule has 0 saturated carbocycles. The van der Waals surface area contributed by atoms with Crippen LogP contribution in [0.5, 0.6) is 0 Å². The molecule has 3 N–H and O–H groups in total. The number of aliphatic hydroxyl groups is 1. The summed E-state index contributed by atoms with van der Waals surface area (Å²) in [5, 5.41) is 21.5. The van der Waals surface area contributed by atoms with Gasteiger partial charge in [-0.1, -0.05) is 30.3 Å². The molecule has 1 aliphatic heterocycles. The second kappa shape index (κ2) is 10.2. The lowest BCUT2D eigenvalue weighted by Crippen LogP contribution is -2.47. The maximum absolute atomic E-state index is 10.3. The van der Waals surface area contributed by atoms with E-state index in [1.807, 2.05) is 41.9 Å². The predicted molar refractivity (Wildman–Crippen MR) is 108 cm³/mol. The molecular weight excluding hydrogens is 356 g/mol. The first kappa shape index (κ1) is 20.3. The smallest absolute Gasteiger partial charge is 0.191 e. The van der Waals surface area contributed by atoms with Gasteiger partial charge in [0.05, 0.1) is 19.2 Å². The number of hydrogen-bond acceptors (Lipinski definition) is 5. The molecule has 2 atom stereocenters. The average molecular weight is 387 g/mol. The van der Waals surface area contributed by atoms with E-state index in [1.54, 1.807) is 7.11 Å². The summed E-state index contributed by atoms with van der Waals surface area (Å²) in [6.07, 6.45) is 1.91. The molecule has 28 heavy (non-hydrogen) atoms. The highest BCUT2D eigenvalue weighted by molar-refractivity contribution is 5.80. The van der Waals surface area contributed by atoms with Gasteiger partial charge >= 0.3 is 0 Å². The second-order valence-electron chi connectivity index (χ2n) is 7.00. The number of fused-ring (bicyclic) bond motifs is 1. The van der Waals surface area contributed by atoms with Crippen LogP contribution in [0.25, 0.3) is 0 Å². The first-order chi connectivity index (χ1) is 13.7. The topological polar surface area (TPSA) is 96.6 Å². The average Bonchev–Trinajstić information content (AvgIpc) is 3.09. The molecule has 2 heterocycles. The van der Waals surface area contributed by atoms with Gasteiger partial charge in [-0.05, 0) is 18.9 Å². The number of aliphatic hydroxyl groups excluding tert-OH is 1. The number of ether oxygens (including phenoxy) is 1. The number of aliphatic imine (C=N–C) groups is 1. The zero-order chi connectivity index (χ0) is 19.8. The highest BCUT2D eigenvalue weighted by atomic mass is 16.5. The highest BCUT2D eigenvalue weighted by Gasteiger charge is 2.22. The number of rotatable bonds is 8. The normalized spacial score (nSPS) is 17.8. The lowest BCUT2D eigenvalue weighted by Gasteiger charge is -2.25. The molecule has 0 amide bonds. The van der Waals surface area contributed by atoms with Crippen molar-refractivity contribution >= 4 is 5.96 Å². The Morgan fingerprint density at radius 1 is 1.39 bits per heavy atom. The Bertz CT molecular complexity index is 761. The summed E-state index contributed by atoms with van der Waals surface area (Å²) in [4.78, 5) is 9.08. The summed E-state index contributed by atoms with van der Waals surface area (Å²) in [7, 11) is 1.65. The minimum Gasteiger partial charge on any atom is -0.391 e. The van der Waals surface area contributed by atoms with Crippen molar-refractivity contribution in [3.05, 3.63) is 47.5 Å². The summed E-state index contributed by atoms with van der Waals surface area (Å²) in [6, 6.07) is 10.2. The maximum atomic E-state index is 10.3. The van der Waals surface area contributed by atoms with Gasteiger partial charge in [0.1, 0.15) is 12.4 Å². The van der Waals surface area contributed by atoms with Gasteiger partial charge in [-0.3, -0.25) is 4.99 Å². The summed E-state index contributed by atoms with van der Waals surface area (Å²) < 4.78 is 7.07. The molecule has 3 rings (SSSR count). The van der Waals surface area contributed by atoms with E-state index in [9.17, 15) is 5.11 Å². The molecule has 0 spiro atoms. The van der Waals surface area contributed by atoms with Crippen LogP contribution in [0.3, 0.4) is 0 Å². The number of nitrogens with one attached hydrogen (secondary N) is 2. The van der Waals surface area contributed by atoms with Crippen LogP contribution in [-0.4, -0.2) is 58.2 Å². The molecule has 0 saturated heterocycles. The number of benzene rings is 1. The quantitative estimate of drug-likeness (QED) is 0.461. The third kappa shape index (κ3) is 5.77. The minimum atomic E-state index is -0.511. The molecule has 1 aromatic heterocycles. The third-order valence-corrected chi connectivity index (χ3v) is 4.63. The Morgan fingerprint density at radius 3 is 2.96 bits per heavy atom. The largest absolute Gasteiger partial charge is 0.391 e. The van der Waals surface area contributed by atoms with E-state index in [0.29, 0.717) is 19.6 Å². The van der Waals surface area contributed by atoms with Gasteiger partial charge in [-0.15, -0.1) is 0 Å². The van der Waals surface area contributed by atoms with Gasteiger partial charge in [-0.25, -0.2) is 9.67 Å². The minimum absolute atomic E-state index is 0.216. The third-order valence-electron chi connectivity index (χ3n) is 4.63. The summed E-state index contributed by atoms with van der Waals surface area (Å²) in [5.41, 5.74) is 1.11. The molecule has 0 radical (unpaired) electrons. The van der Waals surface area contributed by atoms with E-state index >= 15 is 0 Å². The molecular formula is C20H30N6O2. The van der Waals surface area contributed by atoms with Crippen LogP contribution in [0.2, 0.25) is 0 Å². The molecule has 8 nitrogen and oxygen atoms in total. The number of aromatic nitrogens is 3. The van der Waals surface area contributed by atoms with Crippen molar-refractivity contribution in [3.63, 3.8) is 0 Å². The Hall–Kier alpha value is -2.45. The van der Waals surface area contributed by atoms with Gasteiger partial charge in [0.2, 0.25) is 0 Å². The van der Waals surface area contributed by atoms with Crippen molar-refractivity contribution in [1.29, 1.82) is 0 Å². The van der Waals surface area contributed by atoms with E-state index in [-0.39, 0.29) is 6.04 Å².